The maximum Gasteiger partial charge on any atom is 0.223 e. The Bertz CT molecular complexity index is 762. The van der Waals surface area contributed by atoms with Crippen LogP contribution in [0, 0.1) is 11.5 Å². The lowest BCUT2D eigenvalue weighted by molar-refractivity contribution is -0.116. The van der Waals surface area contributed by atoms with Crippen LogP contribution in [0.5, 0.6) is 0 Å². The highest BCUT2D eigenvalue weighted by Gasteiger charge is 2.23. The van der Waals surface area contributed by atoms with Crippen LogP contribution in [0.15, 0.2) is 42.5 Å². The number of rotatable bonds is 2. The van der Waals surface area contributed by atoms with Gasteiger partial charge < -0.3 is 9.80 Å². The Morgan fingerprint density at radius 1 is 1.23 bits per heavy atom. The van der Waals surface area contributed by atoms with Crippen LogP contribution < -0.4 is 4.90 Å². The van der Waals surface area contributed by atoms with Crippen molar-refractivity contribution in [3.8, 4) is 17.3 Å². The quantitative estimate of drug-likeness (QED) is 0.799. The van der Waals surface area contributed by atoms with Crippen molar-refractivity contribution in [2.75, 3.05) is 11.9 Å². The lowest BCUT2D eigenvalue weighted by Crippen LogP contribution is -2.23. The maximum absolute atomic E-state index is 11.7. The SMILES string of the molecule is CC(=O)N(C)c1cc2c(c(-c3ccccc3)c1)CN(C#N)C2. The molecule has 1 aliphatic rings. The second kappa shape index (κ2) is 5.53. The van der Waals surface area contributed by atoms with Crippen molar-refractivity contribution in [1.29, 1.82) is 5.26 Å². The predicted molar refractivity (Wildman–Crippen MR) is 85.8 cm³/mol. The van der Waals surface area contributed by atoms with E-state index in [0.29, 0.717) is 13.1 Å². The van der Waals surface area contributed by atoms with Crippen molar-refractivity contribution < 1.29 is 4.79 Å². The smallest absolute Gasteiger partial charge is 0.223 e. The number of hydrogen-bond acceptors (Lipinski definition) is 3. The highest BCUT2D eigenvalue weighted by atomic mass is 16.2. The lowest BCUT2D eigenvalue weighted by atomic mass is 9.96. The molecule has 0 aliphatic carbocycles. The van der Waals surface area contributed by atoms with E-state index in [1.54, 1.807) is 23.8 Å². The molecule has 2 aromatic rings. The molecule has 0 saturated heterocycles. The topological polar surface area (TPSA) is 47.3 Å². The first-order chi connectivity index (χ1) is 10.6. The standard InChI is InChI=1S/C18H17N3O/c1-13(22)20(2)16-8-15-10-21(12-19)11-18(15)17(9-16)14-6-4-3-5-7-14/h3-9H,10-11H2,1-2H3. The Kier molecular flexibility index (Phi) is 3.56. The summed E-state index contributed by atoms with van der Waals surface area (Å²) in [5, 5.41) is 9.18. The van der Waals surface area contributed by atoms with E-state index in [4.69, 9.17) is 0 Å². The van der Waals surface area contributed by atoms with Crippen LogP contribution in [0.3, 0.4) is 0 Å². The van der Waals surface area contributed by atoms with Crippen LogP contribution in [0.1, 0.15) is 18.1 Å². The maximum atomic E-state index is 11.7. The minimum absolute atomic E-state index is 0.00546. The van der Waals surface area contributed by atoms with Crippen molar-refractivity contribution in [1.82, 2.24) is 4.90 Å². The monoisotopic (exact) mass is 291 g/mol. The summed E-state index contributed by atoms with van der Waals surface area (Å²) in [6, 6.07) is 14.2. The number of fused-ring (bicyclic) bond motifs is 1. The molecular weight excluding hydrogens is 274 g/mol. The van der Waals surface area contributed by atoms with Crippen molar-refractivity contribution in [3.63, 3.8) is 0 Å². The Labute approximate surface area is 130 Å². The minimum atomic E-state index is -0.00546. The molecule has 110 valence electrons. The fourth-order valence-corrected chi connectivity index (χ4v) is 2.82. The van der Waals surface area contributed by atoms with Gasteiger partial charge in [-0.25, -0.2) is 0 Å². The molecule has 1 heterocycles. The summed E-state index contributed by atoms with van der Waals surface area (Å²) in [7, 11) is 1.77. The second-order valence-electron chi connectivity index (χ2n) is 5.53. The van der Waals surface area contributed by atoms with E-state index in [1.807, 2.05) is 30.3 Å². The largest absolute Gasteiger partial charge is 0.316 e. The zero-order valence-corrected chi connectivity index (χ0v) is 12.7. The van der Waals surface area contributed by atoms with Crippen LogP contribution in [-0.4, -0.2) is 17.9 Å². The average molecular weight is 291 g/mol. The average Bonchev–Trinajstić information content (AvgIpc) is 2.97. The highest BCUT2D eigenvalue weighted by molar-refractivity contribution is 5.92. The molecule has 4 nitrogen and oxygen atoms in total. The van der Waals surface area contributed by atoms with E-state index in [9.17, 15) is 10.1 Å². The normalized spacial score (nSPS) is 12.7. The summed E-state index contributed by atoms with van der Waals surface area (Å²) >= 11 is 0. The number of carbonyl (C=O) groups is 1. The van der Waals surface area contributed by atoms with Gasteiger partial charge in [0.1, 0.15) is 0 Å². The molecular formula is C18H17N3O. The molecule has 0 N–H and O–H groups in total. The third-order valence-corrected chi connectivity index (χ3v) is 4.12. The summed E-state index contributed by atoms with van der Waals surface area (Å²) in [5.74, 6) is -0.00546. The van der Waals surface area contributed by atoms with Crippen LogP contribution in [0.4, 0.5) is 5.69 Å². The van der Waals surface area contributed by atoms with Gasteiger partial charge in [-0.1, -0.05) is 30.3 Å². The summed E-state index contributed by atoms with van der Waals surface area (Å²) in [5.41, 5.74) is 5.36. The number of carbonyl (C=O) groups excluding carboxylic acids is 1. The van der Waals surface area contributed by atoms with Gasteiger partial charge in [0.15, 0.2) is 6.19 Å². The Balaban J connectivity index is 2.16. The molecule has 1 amide bonds. The molecule has 22 heavy (non-hydrogen) atoms. The first-order valence-electron chi connectivity index (χ1n) is 7.20. The van der Waals surface area contributed by atoms with Gasteiger partial charge in [-0.2, -0.15) is 5.26 Å². The van der Waals surface area contributed by atoms with Crippen LogP contribution >= 0.6 is 0 Å². The fraction of sp³-hybridized carbons (Fsp3) is 0.222. The Hall–Kier alpha value is -2.80. The molecule has 0 fully saturated rings. The van der Waals surface area contributed by atoms with Crippen LogP contribution in [0.2, 0.25) is 0 Å². The molecule has 0 bridgehead atoms. The molecule has 0 atom stereocenters. The van der Waals surface area contributed by atoms with E-state index < -0.39 is 0 Å². The zero-order chi connectivity index (χ0) is 15.7. The van der Waals surface area contributed by atoms with Gasteiger partial charge in [-0.05, 0) is 34.4 Å². The van der Waals surface area contributed by atoms with Crippen LogP contribution in [0.25, 0.3) is 11.1 Å². The van der Waals surface area contributed by atoms with E-state index in [-0.39, 0.29) is 5.91 Å². The van der Waals surface area contributed by atoms with Crippen molar-refractivity contribution >= 4 is 11.6 Å². The molecule has 4 heteroatoms. The predicted octanol–water partition coefficient (Wildman–Crippen LogP) is 3.13. The van der Waals surface area contributed by atoms with Gasteiger partial charge in [-0.15, -0.1) is 0 Å². The Morgan fingerprint density at radius 3 is 2.59 bits per heavy atom. The van der Waals surface area contributed by atoms with Gasteiger partial charge in [0.25, 0.3) is 0 Å². The van der Waals surface area contributed by atoms with Gasteiger partial charge >= 0.3 is 0 Å². The number of hydrogen-bond donors (Lipinski definition) is 0. The summed E-state index contributed by atoms with van der Waals surface area (Å²) in [6.45, 7) is 2.78. The lowest BCUT2D eigenvalue weighted by Gasteiger charge is -2.18. The summed E-state index contributed by atoms with van der Waals surface area (Å²) < 4.78 is 0. The molecule has 2 aromatic carbocycles. The molecule has 0 radical (unpaired) electrons. The van der Waals surface area contributed by atoms with Crippen molar-refractivity contribution in [3.05, 3.63) is 53.6 Å². The molecule has 1 aliphatic heterocycles. The number of anilines is 1. The molecule has 0 unspecified atom stereocenters. The summed E-state index contributed by atoms with van der Waals surface area (Å²) in [6.07, 6.45) is 2.21. The van der Waals surface area contributed by atoms with Crippen LogP contribution in [-0.2, 0) is 17.9 Å². The Morgan fingerprint density at radius 2 is 1.95 bits per heavy atom. The molecule has 0 spiro atoms. The zero-order valence-electron chi connectivity index (χ0n) is 12.7. The first-order valence-corrected chi connectivity index (χ1v) is 7.20. The van der Waals surface area contributed by atoms with E-state index in [1.165, 1.54) is 5.56 Å². The van der Waals surface area contributed by atoms with Gasteiger partial charge in [0.2, 0.25) is 5.91 Å². The third kappa shape index (κ3) is 2.42. The third-order valence-electron chi connectivity index (χ3n) is 4.12. The second-order valence-corrected chi connectivity index (χ2v) is 5.53. The van der Waals surface area contributed by atoms with Crippen molar-refractivity contribution in [2.24, 2.45) is 0 Å². The molecule has 3 rings (SSSR count). The van der Waals surface area contributed by atoms with Gasteiger partial charge in [0.05, 0.1) is 13.1 Å². The minimum Gasteiger partial charge on any atom is -0.316 e. The summed E-state index contributed by atoms with van der Waals surface area (Å²) in [4.78, 5) is 15.0. The first kappa shape index (κ1) is 14.2. The van der Waals surface area contributed by atoms with E-state index in [0.717, 1.165) is 22.4 Å². The highest BCUT2D eigenvalue weighted by Crippen LogP contribution is 2.36. The number of nitrogens with zero attached hydrogens (tertiary/aromatic N) is 3. The molecule has 0 aromatic heterocycles. The van der Waals surface area contributed by atoms with E-state index >= 15 is 0 Å². The molecule has 0 saturated carbocycles. The number of nitriles is 1. The van der Waals surface area contributed by atoms with Gasteiger partial charge in [0, 0.05) is 19.7 Å². The fourth-order valence-electron chi connectivity index (χ4n) is 2.82. The number of amides is 1. The van der Waals surface area contributed by atoms with E-state index in [2.05, 4.69) is 18.3 Å². The van der Waals surface area contributed by atoms with Crippen molar-refractivity contribution in [2.45, 2.75) is 20.0 Å². The number of benzene rings is 2. The van der Waals surface area contributed by atoms with Gasteiger partial charge in [-0.3, -0.25) is 4.79 Å².